The molecule has 0 radical (unpaired) electrons. The second-order valence-corrected chi connectivity index (χ2v) is 7.63. The molecule has 2 rings (SSSR count). The van der Waals surface area contributed by atoms with E-state index in [1.165, 1.54) is 11.3 Å². The fraction of sp³-hybridized carbons (Fsp3) is 0.450. The van der Waals surface area contributed by atoms with Gasteiger partial charge in [0.15, 0.2) is 5.13 Å². The van der Waals surface area contributed by atoms with Crippen molar-refractivity contribution in [3.8, 4) is 0 Å². The summed E-state index contributed by atoms with van der Waals surface area (Å²) in [6.07, 6.45) is 0.689. The van der Waals surface area contributed by atoms with Gasteiger partial charge in [0, 0.05) is 18.5 Å². The van der Waals surface area contributed by atoms with Crippen LogP contribution in [0.1, 0.15) is 30.5 Å². The quantitative estimate of drug-likeness (QED) is 0.717. The first kappa shape index (κ1) is 21.1. The van der Waals surface area contributed by atoms with Crippen molar-refractivity contribution < 1.29 is 9.59 Å². The minimum absolute atomic E-state index is 0.0176. The maximum absolute atomic E-state index is 13.2. The molecule has 2 amide bonds. The maximum Gasteiger partial charge on any atom is 0.245 e. The van der Waals surface area contributed by atoms with Gasteiger partial charge in [0.2, 0.25) is 11.8 Å². The Morgan fingerprint density at radius 3 is 2.44 bits per heavy atom. The summed E-state index contributed by atoms with van der Waals surface area (Å²) < 4.78 is 0. The predicted octanol–water partition coefficient (Wildman–Crippen LogP) is 2.97. The number of anilines is 1. The van der Waals surface area contributed by atoms with Gasteiger partial charge in [-0.05, 0) is 33.0 Å². The number of aromatic nitrogens is 1. The van der Waals surface area contributed by atoms with E-state index in [0.717, 1.165) is 11.3 Å². The number of hydrogen-bond donors (Lipinski definition) is 1. The normalized spacial score (nSPS) is 12.0. The minimum Gasteiger partial charge on any atom is -0.332 e. The van der Waals surface area contributed by atoms with Crippen molar-refractivity contribution in [1.29, 1.82) is 0 Å². The number of hydrogen-bond acceptors (Lipinski definition) is 5. The number of rotatable bonds is 9. The van der Waals surface area contributed by atoms with Crippen LogP contribution in [0.2, 0.25) is 0 Å². The van der Waals surface area contributed by atoms with Gasteiger partial charge in [-0.1, -0.05) is 37.3 Å². The summed E-state index contributed by atoms with van der Waals surface area (Å²) in [6, 6.07) is 9.75. The molecular formula is C20H28N4O2S. The van der Waals surface area contributed by atoms with Crippen LogP contribution >= 0.6 is 11.3 Å². The van der Waals surface area contributed by atoms with E-state index < -0.39 is 0 Å². The van der Waals surface area contributed by atoms with Gasteiger partial charge < -0.3 is 15.1 Å². The molecule has 1 aromatic carbocycles. The molecule has 0 aliphatic rings. The lowest BCUT2D eigenvalue weighted by atomic mass is 9.95. The molecule has 1 aromatic heterocycles. The average molecular weight is 389 g/mol. The maximum atomic E-state index is 13.2. The highest BCUT2D eigenvalue weighted by Gasteiger charge is 2.26. The first-order chi connectivity index (χ1) is 12.9. The summed E-state index contributed by atoms with van der Waals surface area (Å²) in [4.78, 5) is 33.6. The molecular weight excluding hydrogens is 360 g/mol. The fourth-order valence-electron chi connectivity index (χ4n) is 2.79. The second-order valence-electron chi connectivity index (χ2n) is 6.78. The van der Waals surface area contributed by atoms with E-state index in [4.69, 9.17) is 0 Å². The SMILES string of the molecule is CC[C@@H](C(=O)N(CCN(C)C)CC(=O)Nc1nc(C)cs1)c1ccccc1. The molecule has 0 unspecified atom stereocenters. The molecule has 0 fully saturated rings. The average Bonchev–Trinajstić information content (AvgIpc) is 3.04. The minimum atomic E-state index is -0.247. The molecule has 27 heavy (non-hydrogen) atoms. The van der Waals surface area contributed by atoms with E-state index in [9.17, 15) is 9.59 Å². The number of amides is 2. The highest BCUT2D eigenvalue weighted by Crippen LogP contribution is 2.22. The van der Waals surface area contributed by atoms with Crippen molar-refractivity contribution in [2.75, 3.05) is 39.0 Å². The van der Waals surface area contributed by atoms with Gasteiger partial charge in [-0.2, -0.15) is 0 Å². The van der Waals surface area contributed by atoms with Gasteiger partial charge in [-0.15, -0.1) is 11.3 Å². The lowest BCUT2D eigenvalue weighted by molar-refractivity contribution is -0.136. The number of thiazole rings is 1. The number of nitrogens with zero attached hydrogens (tertiary/aromatic N) is 3. The molecule has 0 bridgehead atoms. The molecule has 1 atom stereocenters. The van der Waals surface area contributed by atoms with Gasteiger partial charge in [-0.25, -0.2) is 4.98 Å². The van der Waals surface area contributed by atoms with Crippen LogP contribution in [0.5, 0.6) is 0 Å². The lowest BCUT2D eigenvalue weighted by Crippen LogP contribution is -2.43. The molecule has 0 aliphatic carbocycles. The summed E-state index contributed by atoms with van der Waals surface area (Å²) >= 11 is 1.38. The molecule has 1 N–H and O–H groups in total. The van der Waals surface area contributed by atoms with Crippen LogP contribution in [-0.2, 0) is 9.59 Å². The predicted molar refractivity (Wildman–Crippen MR) is 110 cm³/mol. The lowest BCUT2D eigenvalue weighted by Gasteiger charge is -2.28. The van der Waals surface area contributed by atoms with Gasteiger partial charge in [0.05, 0.1) is 18.2 Å². The molecule has 146 valence electrons. The molecule has 0 aliphatic heterocycles. The van der Waals surface area contributed by atoms with Gasteiger partial charge in [0.1, 0.15) is 0 Å². The summed E-state index contributed by atoms with van der Waals surface area (Å²) in [5.74, 6) is -0.487. The van der Waals surface area contributed by atoms with E-state index in [0.29, 0.717) is 24.6 Å². The molecule has 0 saturated carbocycles. The van der Waals surface area contributed by atoms with E-state index in [2.05, 4.69) is 10.3 Å². The van der Waals surface area contributed by atoms with E-state index in [1.807, 2.05) is 68.6 Å². The van der Waals surface area contributed by atoms with Gasteiger partial charge in [0.25, 0.3) is 0 Å². The second kappa shape index (κ2) is 10.2. The van der Waals surface area contributed by atoms with Crippen LogP contribution in [0.15, 0.2) is 35.7 Å². The summed E-state index contributed by atoms with van der Waals surface area (Å²) in [5, 5.41) is 5.24. The van der Waals surface area contributed by atoms with Crippen molar-refractivity contribution in [1.82, 2.24) is 14.8 Å². The standard InChI is InChI=1S/C20H28N4O2S/c1-5-17(16-9-7-6-8-10-16)19(26)24(12-11-23(3)4)13-18(25)22-20-21-15(2)14-27-20/h6-10,14,17H,5,11-13H2,1-4H3,(H,21,22,25)/t17-/m1/s1. The van der Waals surface area contributed by atoms with Crippen molar-refractivity contribution >= 4 is 28.3 Å². The zero-order chi connectivity index (χ0) is 19.8. The zero-order valence-electron chi connectivity index (χ0n) is 16.4. The molecule has 7 heteroatoms. The first-order valence-electron chi connectivity index (χ1n) is 9.11. The van der Waals surface area contributed by atoms with Crippen molar-refractivity contribution in [3.63, 3.8) is 0 Å². The van der Waals surface area contributed by atoms with Crippen molar-refractivity contribution in [2.24, 2.45) is 0 Å². The Kier molecular flexibility index (Phi) is 7.94. The van der Waals surface area contributed by atoms with Gasteiger partial charge in [-0.3, -0.25) is 9.59 Å². The third kappa shape index (κ3) is 6.45. The Bertz CT molecular complexity index is 745. The van der Waals surface area contributed by atoms with E-state index >= 15 is 0 Å². The topological polar surface area (TPSA) is 65.5 Å². The number of likely N-dealkylation sites (N-methyl/N-ethyl adjacent to an activating group) is 1. The van der Waals surface area contributed by atoms with Gasteiger partial charge >= 0.3 is 0 Å². The highest BCUT2D eigenvalue weighted by atomic mass is 32.1. The summed E-state index contributed by atoms with van der Waals surface area (Å²) in [7, 11) is 3.91. The van der Waals surface area contributed by atoms with Crippen LogP contribution in [-0.4, -0.2) is 60.3 Å². The van der Waals surface area contributed by atoms with Crippen LogP contribution < -0.4 is 5.32 Å². The molecule has 2 aromatic rings. The summed E-state index contributed by atoms with van der Waals surface area (Å²) in [5.41, 5.74) is 1.85. The number of carbonyl (C=O) groups excluding carboxylic acids is 2. The number of benzene rings is 1. The van der Waals surface area contributed by atoms with E-state index in [1.54, 1.807) is 4.90 Å². The Morgan fingerprint density at radius 1 is 1.19 bits per heavy atom. The smallest absolute Gasteiger partial charge is 0.245 e. The van der Waals surface area contributed by atoms with Crippen LogP contribution in [0.3, 0.4) is 0 Å². The monoisotopic (exact) mass is 388 g/mol. The molecule has 0 saturated heterocycles. The largest absolute Gasteiger partial charge is 0.332 e. The third-order valence-corrected chi connectivity index (χ3v) is 5.11. The van der Waals surface area contributed by atoms with Crippen molar-refractivity contribution in [3.05, 3.63) is 47.0 Å². The molecule has 0 spiro atoms. The number of carbonyl (C=O) groups is 2. The highest BCUT2D eigenvalue weighted by molar-refractivity contribution is 7.13. The Labute approximate surface area is 165 Å². The van der Waals surface area contributed by atoms with E-state index in [-0.39, 0.29) is 24.3 Å². The molecule has 6 nitrogen and oxygen atoms in total. The fourth-order valence-corrected chi connectivity index (χ4v) is 3.49. The Hall–Kier alpha value is -2.25. The van der Waals surface area contributed by atoms with Crippen LogP contribution in [0.25, 0.3) is 0 Å². The third-order valence-electron chi connectivity index (χ3n) is 4.24. The van der Waals surface area contributed by atoms with Crippen LogP contribution in [0, 0.1) is 6.92 Å². The van der Waals surface area contributed by atoms with Crippen LogP contribution in [0.4, 0.5) is 5.13 Å². The zero-order valence-corrected chi connectivity index (χ0v) is 17.3. The summed E-state index contributed by atoms with van der Waals surface area (Å²) in [6.45, 7) is 5.09. The molecule has 1 heterocycles. The van der Waals surface area contributed by atoms with Crippen molar-refractivity contribution in [2.45, 2.75) is 26.2 Å². The number of aryl methyl sites for hydroxylation is 1. The Morgan fingerprint density at radius 2 is 1.89 bits per heavy atom. The first-order valence-corrected chi connectivity index (χ1v) is 9.99. The number of nitrogens with one attached hydrogen (secondary N) is 1. The Balaban J connectivity index is 2.11.